The second kappa shape index (κ2) is 8.33. The zero-order chi connectivity index (χ0) is 18.7. The van der Waals surface area contributed by atoms with Crippen molar-refractivity contribution in [3.63, 3.8) is 0 Å². The summed E-state index contributed by atoms with van der Waals surface area (Å²) in [4.78, 5) is 4.97. The number of nitrogens with zero attached hydrogens (tertiary/aromatic N) is 5. The molecule has 1 aliphatic rings. The van der Waals surface area contributed by atoms with Crippen LogP contribution in [0.15, 0.2) is 24.3 Å². The van der Waals surface area contributed by atoms with Crippen LogP contribution in [-0.4, -0.2) is 64.0 Å². The minimum Gasteiger partial charge on any atom is -0.497 e. The molecule has 7 heteroatoms. The summed E-state index contributed by atoms with van der Waals surface area (Å²) in [6.45, 7) is 10.8. The molecule has 0 N–H and O–H groups in total. The normalized spacial score (nSPS) is 16.3. The number of rotatable bonds is 6. The summed E-state index contributed by atoms with van der Waals surface area (Å²) in [5.41, 5.74) is 1.04. The number of hydrogen-bond donors (Lipinski definition) is 0. The van der Waals surface area contributed by atoms with E-state index >= 15 is 0 Å². The lowest BCUT2D eigenvalue weighted by atomic mass is 10.2. The van der Waals surface area contributed by atoms with Crippen LogP contribution in [0.4, 0.5) is 0 Å². The Bertz CT molecular complexity index is 772. The van der Waals surface area contributed by atoms with Gasteiger partial charge in [0.1, 0.15) is 5.75 Å². The van der Waals surface area contributed by atoms with Crippen molar-refractivity contribution in [1.29, 1.82) is 0 Å². The van der Waals surface area contributed by atoms with Crippen LogP contribution in [0, 0.1) is 10.7 Å². The summed E-state index contributed by atoms with van der Waals surface area (Å²) in [6, 6.07) is 7.94. The Morgan fingerprint density at radius 1 is 1.08 bits per heavy atom. The van der Waals surface area contributed by atoms with Gasteiger partial charge in [-0.3, -0.25) is 4.90 Å². The smallest absolute Gasteiger partial charge is 0.199 e. The Labute approximate surface area is 161 Å². The van der Waals surface area contributed by atoms with Gasteiger partial charge in [0.2, 0.25) is 0 Å². The van der Waals surface area contributed by atoms with Crippen molar-refractivity contribution in [2.45, 2.75) is 20.5 Å². The van der Waals surface area contributed by atoms with E-state index in [1.54, 1.807) is 7.11 Å². The molecular formula is C19H29N5OS. The van der Waals surface area contributed by atoms with Gasteiger partial charge >= 0.3 is 0 Å². The number of hydrogen-bond acceptors (Lipinski definition) is 5. The second-order valence-electron chi connectivity index (χ2n) is 7.35. The molecule has 1 aromatic heterocycles. The minimum atomic E-state index is 0.720. The molecule has 0 radical (unpaired) electrons. The Hall–Kier alpha value is -1.70. The van der Waals surface area contributed by atoms with Gasteiger partial charge in [0.05, 0.1) is 13.8 Å². The zero-order valence-corrected chi connectivity index (χ0v) is 17.0. The summed E-state index contributed by atoms with van der Waals surface area (Å²) in [5, 5.41) is 4.78. The van der Waals surface area contributed by atoms with E-state index in [0.29, 0.717) is 0 Å². The molecule has 1 fully saturated rings. The fraction of sp³-hybridized carbons (Fsp3) is 0.579. The predicted octanol–water partition coefficient (Wildman–Crippen LogP) is 2.86. The van der Waals surface area contributed by atoms with Crippen LogP contribution in [0.2, 0.25) is 0 Å². The first-order chi connectivity index (χ1) is 12.5. The predicted molar refractivity (Wildman–Crippen MR) is 107 cm³/mol. The van der Waals surface area contributed by atoms with Gasteiger partial charge in [0, 0.05) is 45.3 Å². The molecule has 0 atom stereocenters. The highest BCUT2D eigenvalue weighted by Crippen LogP contribution is 2.21. The zero-order valence-electron chi connectivity index (χ0n) is 16.2. The Kier molecular flexibility index (Phi) is 6.11. The summed E-state index contributed by atoms with van der Waals surface area (Å²) >= 11 is 5.61. The maximum atomic E-state index is 5.61. The minimum absolute atomic E-state index is 0.720. The highest BCUT2D eigenvalue weighted by Gasteiger charge is 2.19. The fourth-order valence-electron chi connectivity index (χ4n) is 3.39. The molecule has 3 rings (SSSR count). The standard InChI is InChI=1S/C19H29N5OS/c1-15(2)13-22-9-11-23(12-10-22)14-24-19(26)21(3)18(20-24)16-5-7-17(25-4)8-6-16/h5-8,15H,9-14H2,1-4H3. The molecule has 1 aromatic carbocycles. The molecule has 0 saturated carbocycles. The van der Waals surface area contributed by atoms with Crippen LogP contribution in [0.3, 0.4) is 0 Å². The van der Waals surface area contributed by atoms with Gasteiger partial charge in [-0.15, -0.1) is 0 Å². The van der Waals surface area contributed by atoms with Gasteiger partial charge in [0.15, 0.2) is 10.6 Å². The third kappa shape index (κ3) is 4.34. The lowest BCUT2D eigenvalue weighted by Gasteiger charge is -2.35. The third-order valence-electron chi connectivity index (χ3n) is 4.81. The molecule has 0 spiro atoms. The Balaban J connectivity index is 1.69. The van der Waals surface area contributed by atoms with E-state index in [0.717, 1.165) is 60.7 Å². The van der Waals surface area contributed by atoms with Gasteiger partial charge in [-0.05, 0) is 42.4 Å². The molecular weight excluding hydrogens is 346 g/mol. The lowest BCUT2D eigenvalue weighted by molar-refractivity contribution is 0.0950. The molecule has 1 aliphatic heterocycles. The Morgan fingerprint density at radius 2 is 1.69 bits per heavy atom. The molecule has 0 unspecified atom stereocenters. The van der Waals surface area contributed by atoms with Crippen molar-refractivity contribution < 1.29 is 4.74 Å². The van der Waals surface area contributed by atoms with Crippen molar-refractivity contribution in [3.8, 4) is 17.1 Å². The number of benzene rings is 1. The van der Waals surface area contributed by atoms with E-state index < -0.39 is 0 Å². The molecule has 26 heavy (non-hydrogen) atoms. The average Bonchev–Trinajstić information content (AvgIpc) is 2.91. The van der Waals surface area contributed by atoms with Gasteiger partial charge < -0.3 is 14.2 Å². The quantitative estimate of drug-likeness (QED) is 0.726. The molecule has 2 heterocycles. The number of ether oxygens (including phenoxy) is 1. The van der Waals surface area contributed by atoms with E-state index in [2.05, 4.69) is 23.6 Å². The molecule has 0 amide bonds. The molecule has 1 saturated heterocycles. The van der Waals surface area contributed by atoms with Crippen molar-refractivity contribution in [2.75, 3.05) is 39.8 Å². The van der Waals surface area contributed by atoms with Crippen LogP contribution < -0.4 is 4.74 Å². The van der Waals surface area contributed by atoms with Gasteiger partial charge in [-0.25, -0.2) is 4.68 Å². The largest absolute Gasteiger partial charge is 0.497 e. The first-order valence-corrected chi connectivity index (χ1v) is 9.61. The second-order valence-corrected chi connectivity index (χ2v) is 7.71. The maximum Gasteiger partial charge on any atom is 0.199 e. The van der Waals surface area contributed by atoms with Gasteiger partial charge in [-0.1, -0.05) is 13.8 Å². The third-order valence-corrected chi connectivity index (χ3v) is 5.30. The number of piperazine rings is 1. The van der Waals surface area contributed by atoms with E-state index in [1.165, 1.54) is 6.54 Å². The molecule has 0 aliphatic carbocycles. The van der Waals surface area contributed by atoms with Gasteiger partial charge in [0.25, 0.3) is 0 Å². The van der Waals surface area contributed by atoms with Crippen LogP contribution in [-0.2, 0) is 13.7 Å². The summed E-state index contributed by atoms with van der Waals surface area (Å²) in [6.07, 6.45) is 0. The summed E-state index contributed by atoms with van der Waals surface area (Å²) in [5.74, 6) is 2.45. The maximum absolute atomic E-state index is 5.61. The SMILES string of the molecule is COc1ccc(-c2nn(CN3CCN(CC(C)C)CC3)c(=S)n2C)cc1. The van der Waals surface area contributed by atoms with Crippen molar-refractivity contribution in [2.24, 2.45) is 13.0 Å². The topological polar surface area (TPSA) is 38.5 Å². The molecule has 2 aromatic rings. The first-order valence-electron chi connectivity index (χ1n) is 9.21. The van der Waals surface area contributed by atoms with Crippen LogP contribution in [0.25, 0.3) is 11.4 Å². The van der Waals surface area contributed by atoms with Crippen LogP contribution in [0.5, 0.6) is 5.75 Å². The first kappa shape index (κ1) is 19.1. The van der Waals surface area contributed by atoms with Crippen molar-refractivity contribution in [1.82, 2.24) is 24.1 Å². The molecule has 6 nitrogen and oxygen atoms in total. The van der Waals surface area contributed by atoms with E-state index in [4.69, 9.17) is 22.1 Å². The number of methoxy groups -OCH3 is 1. The van der Waals surface area contributed by atoms with E-state index in [9.17, 15) is 0 Å². The fourth-order valence-corrected chi connectivity index (χ4v) is 3.58. The number of aromatic nitrogens is 3. The monoisotopic (exact) mass is 375 g/mol. The van der Waals surface area contributed by atoms with Crippen molar-refractivity contribution in [3.05, 3.63) is 29.0 Å². The van der Waals surface area contributed by atoms with E-state index in [-0.39, 0.29) is 0 Å². The van der Waals surface area contributed by atoms with E-state index in [1.807, 2.05) is 40.6 Å². The van der Waals surface area contributed by atoms with Crippen LogP contribution >= 0.6 is 12.2 Å². The lowest BCUT2D eigenvalue weighted by Crippen LogP contribution is -2.47. The Morgan fingerprint density at radius 3 is 2.27 bits per heavy atom. The summed E-state index contributed by atoms with van der Waals surface area (Å²) < 4.78 is 9.90. The van der Waals surface area contributed by atoms with Gasteiger partial charge in [-0.2, -0.15) is 5.10 Å². The highest BCUT2D eigenvalue weighted by atomic mass is 32.1. The average molecular weight is 376 g/mol. The summed E-state index contributed by atoms with van der Waals surface area (Å²) in [7, 11) is 3.65. The molecule has 0 bridgehead atoms. The van der Waals surface area contributed by atoms with Crippen LogP contribution in [0.1, 0.15) is 13.8 Å². The van der Waals surface area contributed by atoms with Crippen molar-refractivity contribution >= 4 is 12.2 Å². The highest BCUT2D eigenvalue weighted by molar-refractivity contribution is 7.71. The molecule has 142 valence electrons.